The van der Waals surface area contributed by atoms with Gasteiger partial charge in [0.2, 0.25) is 5.91 Å². The fraction of sp³-hybridized carbons (Fsp3) is 0.385. The van der Waals surface area contributed by atoms with E-state index in [-0.39, 0.29) is 12.5 Å². The average molecular weight is 263 g/mol. The van der Waals surface area contributed by atoms with Gasteiger partial charge in [-0.3, -0.25) is 4.79 Å². The molecule has 0 radical (unpaired) electrons. The summed E-state index contributed by atoms with van der Waals surface area (Å²) in [6.07, 6.45) is 0.157. The van der Waals surface area contributed by atoms with Crippen molar-refractivity contribution in [2.75, 3.05) is 25.0 Å². The number of hydrogen-bond donors (Lipinski definition) is 3. The highest BCUT2D eigenvalue weighted by molar-refractivity contribution is 5.92. The highest BCUT2D eigenvalue weighted by atomic mass is 16.3. The third-order valence-corrected chi connectivity index (χ3v) is 2.95. The number of aliphatic hydroxyl groups excluding tert-OH is 1. The molecule has 102 valence electrons. The lowest BCUT2D eigenvalue weighted by molar-refractivity contribution is -0.129. The molecule has 3 amide bonds. The topological polar surface area (TPSA) is 81.7 Å². The van der Waals surface area contributed by atoms with Gasteiger partial charge in [-0.15, -0.1) is 0 Å². The Bertz CT molecular complexity index is 450. The monoisotopic (exact) mass is 263 g/mol. The normalized spacial score (nSPS) is 18.2. The Morgan fingerprint density at radius 1 is 1.32 bits per heavy atom. The van der Waals surface area contributed by atoms with E-state index >= 15 is 0 Å². The molecule has 1 heterocycles. The Balaban J connectivity index is 1.73. The Hall–Kier alpha value is -2.08. The third kappa shape index (κ3) is 3.96. The zero-order chi connectivity index (χ0) is 13.7. The lowest BCUT2D eigenvalue weighted by atomic mass is 10.3. The summed E-state index contributed by atoms with van der Waals surface area (Å²) in [7, 11) is 0. The zero-order valence-corrected chi connectivity index (χ0v) is 10.5. The number of rotatable bonds is 3. The van der Waals surface area contributed by atoms with Crippen LogP contribution in [-0.2, 0) is 4.79 Å². The minimum atomic E-state index is -0.443. The van der Waals surface area contributed by atoms with Gasteiger partial charge in [-0.1, -0.05) is 18.2 Å². The lowest BCUT2D eigenvalue weighted by Crippen LogP contribution is -2.40. The van der Waals surface area contributed by atoms with Crippen LogP contribution >= 0.6 is 0 Å². The lowest BCUT2D eigenvalue weighted by Gasteiger charge is -2.15. The Kier molecular flexibility index (Phi) is 4.35. The Morgan fingerprint density at radius 3 is 2.68 bits per heavy atom. The molecule has 6 heteroatoms. The van der Waals surface area contributed by atoms with E-state index in [0.717, 1.165) is 0 Å². The van der Waals surface area contributed by atoms with Crippen molar-refractivity contribution < 1.29 is 14.7 Å². The van der Waals surface area contributed by atoms with Crippen LogP contribution in [0.1, 0.15) is 6.42 Å². The second kappa shape index (κ2) is 6.19. The van der Waals surface area contributed by atoms with Crippen LogP contribution in [0.15, 0.2) is 30.3 Å². The molecule has 1 unspecified atom stereocenters. The first kappa shape index (κ1) is 13.4. The molecule has 1 aromatic carbocycles. The number of amides is 3. The van der Waals surface area contributed by atoms with E-state index in [1.54, 1.807) is 17.0 Å². The van der Waals surface area contributed by atoms with E-state index < -0.39 is 12.1 Å². The van der Waals surface area contributed by atoms with Gasteiger partial charge in [0.1, 0.15) is 0 Å². The standard InChI is InChI=1S/C13H17N3O3/c17-11-6-7-16(9-11)12(18)8-14-13(19)15-10-4-2-1-3-5-10/h1-5,11,17H,6-9H2,(H2,14,15,19). The summed E-state index contributed by atoms with van der Waals surface area (Å²) in [6.45, 7) is 0.828. The van der Waals surface area contributed by atoms with Crippen LogP contribution in [0.2, 0.25) is 0 Å². The molecule has 1 saturated heterocycles. The molecule has 1 aliphatic rings. The van der Waals surface area contributed by atoms with Crippen molar-refractivity contribution in [1.29, 1.82) is 0 Å². The van der Waals surface area contributed by atoms with Crippen LogP contribution in [0.5, 0.6) is 0 Å². The molecule has 1 fully saturated rings. The van der Waals surface area contributed by atoms with Crippen LogP contribution < -0.4 is 10.6 Å². The van der Waals surface area contributed by atoms with Gasteiger partial charge in [-0.2, -0.15) is 0 Å². The quantitative estimate of drug-likeness (QED) is 0.738. The summed E-state index contributed by atoms with van der Waals surface area (Å²) in [6, 6.07) is 8.58. The van der Waals surface area contributed by atoms with E-state index in [1.807, 2.05) is 18.2 Å². The predicted octanol–water partition coefficient (Wildman–Crippen LogP) is 0.401. The van der Waals surface area contributed by atoms with Gasteiger partial charge in [-0.25, -0.2) is 4.79 Å². The van der Waals surface area contributed by atoms with E-state index in [1.165, 1.54) is 0 Å². The van der Waals surface area contributed by atoms with E-state index in [9.17, 15) is 14.7 Å². The zero-order valence-electron chi connectivity index (χ0n) is 10.5. The predicted molar refractivity (Wildman–Crippen MR) is 70.7 cm³/mol. The number of aliphatic hydroxyl groups is 1. The van der Waals surface area contributed by atoms with Gasteiger partial charge in [0.15, 0.2) is 0 Å². The van der Waals surface area contributed by atoms with Crippen molar-refractivity contribution in [1.82, 2.24) is 10.2 Å². The smallest absolute Gasteiger partial charge is 0.319 e. The molecular weight excluding hydrogens is 246 g/mol. The number of anilines is 1. The summed E-state index contributed by atoms with van der Waals surface area (Å²) in [5.74, 6) is -0.181. The number of nitrogens with one attached hydrogen (secondary N) is 2. The average Bonchev–Trinajstić information content (AvgIpc) is 2.84. The number of nitrogens with zero attached hydrogens (tertiary/aromatic N) is 1. The SMILES string of the molecule is O=C(NCC(=O)N1CCC(O)C1)Nc1ccccc1. The third-order valence-electron chi connectivity index (χ3n) is 2.95. The van der Waals surface area contributed by atoms with Gasteiger partial charge < -0.3 is 20.6 Å². The van der Waals surface area contributed by atoms with Gasteiger partial charge in [0, 0.05) is 18.8 Å². The molecule has 0 aliphatic carbocycles. The van der Waals surface area contributed by atoms with Gasteiger partial charge >= 0.3 is 6.03 Å². The van der Waals surface area contributed by atoms with Gasteiger partial charge in [0.05, 0.1) is 12.6 Å². The molecule has 1 atom stereocenters. The van der Waals surface area contributed by atoms with Crippen molar-refractivity contribution >= 4 is 17.6 Å². The molecule has 19 heavy (non-hydrogen) atoms. The Morgan fingerprint density at radius 2 is 2.05 bits per heavy atom. The molecule has 2 rings (SSSR count). The summed E-state index contributed by atoms with van der Waals surface area (Å²) in [5.41, 5.74) is 0.670. The first-order chi connectivity index (χ1) is 9.15. The summed E-state index contributed by atoms with van der Waals surface area (Å²) >= 11 is 0. The second-order valence-corrected chi connectivity index (χ2v) is 4.46. The molecule has 6 nitrogen and oxygen atoms in total. The molecule has 3 N–H and O–H groups in total. The van der Waals surface area contributed by atoms with Crippen molar-refractivity contribution in [2.45, 2.75) is 12.5 Å². The number of likely N-dealkylation sites (tertiary alicyclic amines) is 1. The number of hydrogen-bond acceptors (Lipinski definition) is 3. The minimum absolute atomic E-state index is 0.0641. The molecule has 0 aromatic heterocycles. The number of carbonyl (C=O) groups is 2. The molecular formula is C13H17N3O3. The van der Waals surface area contributed by atoms with E-state index in [2.05, 4.69) is 10.6 Å². The van der Waals surface area contributed by atoms with Gasteiger partial charge in [0.25, 0.3) is 0 Å². The van der Waals surface area contributed by atoms with Crippen LogP contribution in [0, 0.1) is 0 Å². The van der Waals surface area contributed by atoms with E-state index in [0.29, 0.717) is 25.2 Å². The first-order valence-electron chi connectivity index (χ1n) is 6.21. The van der Waals surface area contributed by atoms with Crippen molar-refractivity contribution in [2.24, 2.45) is 0 Å². The second-order valence-electron chi connectivity index (χ2n) is 4.46. The number of carbonyl (C=O) groups excluding carboxylic acids is 2. The summed E-state index contributed by atoms with van der Waals surface area (Å²) in [4.78, 5) is 24.8. The van der Waals surface area contributed by atoms with Crippen LogP contribution in [0.4, 0.5) is 10.5 Å². The summed E-state index contributed by atoms with van der Waals surface area (Å²) < 4.78 is 0. The summed E-state index contributed by atoms with van der Waals surface area (Å²) in [5, 5.41) is 14.5. The fourth-order valence-corrected chi connectivity index (χ4v) is 1.93. The van der Waals surface area contributed by atoms with Crippen LogP contribution in [0.25, 0.3) is 0 Å². The maximum absolute atomic E-state index is 11.7. The highest BCUT2D eigenvalue weighted by Crippen LogP contribution is 2.08. The molecule has 0 spiro atoms. The molecule has 1 aromatic rings. The maximum atomic E-state index is 11.7. The van der Waals surface area contributed by atoms with Crippen LogP contribution in [-0.4, -0.2) is 47.7 Å². The number of urea groups is 1. The molecule has 0 bridgehead atoms. The number of β-amino-alcohol motifs (C(OH)–C–C–N with tert-alkyl or cyclic N) is 1. The van der Waals surface area contributed by atoms with Gasteiger partial charge in [-0.05, 0) is 18.6 Å². The van der Waals surface area contributed by atoms with E-state index in [4.69, 9.17) is 0 Å². The minimum Gasteiger partial charge on any atom is -0.391 e. The van der Waals surface area contributed by atoms with Crippen molar-refractivity contribution in [3.8, 4) is 0 Å². The maximum Gasteiger partial charge on any atom is 0.319 e. The number of para-hydroxylation sites is 1. The Labute approximate surface area is 111 Å². The van der Waals surface area contributed by atoms with Crippen molar-refractivity contribution in [3.05, 3.63) is 30.3 Å². The largest absolute Gasteiger partial charge is 0.391 e. The van der Waals surface area contributed by atoms with Crippen molar-refractivity contribution in [3.63, 3.8) is 0 Å². The molecule has 0 saturated carbocycles. The molecule has 1 aliphatic heterocycles. The fourth-order valence-electron chi connectivity index (χ4n) is 1.93. The van der Waals surface area contributed by atoms with Crippen LogP contribution in [0.3, 0.4) is 0 Å². The first-order valence-corrected chi connectivity index (χ1v) is 6.21. The number of benzene rings is 1. The highest BCUT2D eigenvalue weighted by Gasteiger charge is 2.24.